The molecule has 0 aromatic rings. The van der Waals surface area contributed by atoms with Gasteiger partial charge < -0.3 is 24.1 Å². The molecule has 3 fully saturated rings. The van der Waals surface area contributed by atoms with E-state index in [1.807, 2.05) is 20.8 Å². The van der Waals surface area contributed by atoms with E-state index in [0.29, 0.717) is 29.6 Å². The van der Waals surface area contributed by atoms with Crippen molar-refractivity contribution in [2.45, 2.75) is 103 Å². The van der Waals surface area contributed by atoms with Gasteiger partial charge >= 0.3 is 11.9 Å². The molecule has 2 unspecified atom stereocenters. The summed E-state index contributed by atoms with van der Waals surface area (Å²) in [6.45, 7) is 16.9. The van der Waals surface area contributed by atoms with Gasteiger partial charge in [0.2, 0.25) is 0 Å². The van der Waals surface area contributed by atoms with E-state index in [-0.39, 0.29) is 17.8 Å². The van der Waals surface area contributed by atoms with Crippen molar-refractivity contribution >= 4 is 11.9 Å². The molecule has 2 aliphatic heterocycles. The van der Waals surface area contributed by atoms with Crippen molar-refractivity contribution < 1.29 is 33.6 Å². The number of aliphatic hydroxyl groups excluding tert-OH is 1. The third-order valence-electron chi connectivity index (χ3n) is 7.21. The number of carbonyl (C=O) groups is 2. The highest BCUT2D eigenvalue weighted by Crippen LogP contribution is 2.53. The van der Waals surface area contributed by atoms with Crippen LogP contribution >= 0.6 is 0 Å². The van der Waals surface area contributed by atoms with Gasteiger partial charge in [-0.05, 0) is 60.5 Å². The summed E-state index contributed by atoms with van der Waals surface area (Å²) in [6.07, 6.45) is 1.57. The quantitative estimate of drug-likeness (QED) is 0.263. The van der Waals surface area contributed by atoms with Crippen molar-refractivity contribution in [3.63, 3.8) is 0 Å². The fraction of sp³-hybridized carbons (Fsp3) is 0.680. The molecule has 32 heavy (non-hydrogen) atoms. The van der Waals surface area contributed by atoms with Gasteiger partial charge in [-0.2, -0.15) is 0 Å². The maximum Gasteiger partial charge on any atom is 0.333 e. The van der Waals surface area contributed by atoms with E-state index in [1.54, 1.807) is 39.8 Å². The Morgan fingerprint density at radius 1 is 1.12 bits per heavy atom. The molecule has 1 N–H and O–H groups in total. The number of allylic oxidation sites excluding steroid dienone is 2. The molecule has 0 bridgehead atoms. The first-order valence-electron chi connectivity index (χ1n) is 11.3. The van der Waals surface area contributed by atoms with Gasteiger partial charge in [-0.25, -0.2) is 9.59 Å². The molecule has 0 spiro atoms. The van der Waals surface area contributed by atoms with Gasteiger partial charge in [0.15, 0.2) is 6.10 Å². The number of hydrogen-bond donors (Lipinski definition) is 1. The zero-order chi connectivity index (χ0) is 24.0. The van der Waals surface area contributed by atoms with Gasteiger partial charge in [0.1, 0.15) is 17.8 Å². The van der Waals surface area contributed by atoms with E-state index >= 15 is 0 Å². The molecule has 3 aliphatic rings. The lowest BCUT2D eigenvalue weighted by molar-refractivity contribution is -0.159. The van der Waals surface area contributed by atoms with E-state index in [4.69, 9.17) is 18.9 Å². The minimum Gasteiger partial charge on any atom is -0.454 e. The highest BCUT2D eigenvalue weighted by Gasteiger charge is 2.67. The van der Waals surface area contributed by atoms with Gasteiger partial charge in [0, 0.05) is 23.5 Å². The molecular formula is C25H36O7. The molecule has 3 rings (SSSR count). The van der Waals surface area contributed by atoms with E-state index < -0.39 is 41.8 Å². The molecule has 2 heterocycles. The summed E-state index contributed by atoms with van der Waals surface area (Å²) in [7, 11) is 0. The largest absolute Gasteiger partial charge is 0.454 e. The average molecular weight is 449 g/mol. The second-order valence-electron chi connectivity index (χ2n) is 9.81. The second-order valence-corrected chi connectivity index (χ2v) is 9.81. The van der Waals surface area contributed by atoms with E-state index in [0.717, 1.165) is 0 Å². The van der Waals surface area contributed by atoms with Crippen LogP contribution in [0.3, 0.4) is 0 Å². The van der Waals surface area contributed by atoms with Crippen LogP contribution in [0, 0.1) is 5.92 Å². The molecule has 0 amide bonds. The highest BCUT2D eigenvalue weighted by molar-refractivity contribution is 5.88. The lowest BCUT2D eigenvalue weighted by Gasteiger charge is -2.38. The minimum atomic E-state index is -1.03. The number of esters is 2. The molecule has 7 atom stereocenters. The maximum atomic E-state index is 12.5. The third kappa shape index (κ3) is 4.70. The molecule has 0 radical (unpaired) electrons. The predicted octanol–water partition coefficient (Wildman–Crippen LogP) is 3.40. The van der Waals surface area contributed by atoms with Crippen molar-refractivity contribution in [1.82, 2.24) is 0 Å². The molecule has 7 heteroatoms. The Labute approximate surface area is 190 Å². The van der Waals surface area contributed by atoms with Crippen LogP contribution in [-0.2, 0) is 28.5 Å². The van der Waals surface area contributed by atoms with Crippen LogP contribution in [-0.4, -0.2) is 58.8 Å². The first kappa shape index (κ1) is 24.7. The summed E-state index contributed by atoms with van der Waals surface area (Å²) in [5.41, 5.74) is 0.527. The van der Waals surface area contributed by atoms with E-state index in [2.05, 4.69) is 6.58 Å². The van der Waals surface area contributed by atoms with Crippen molar-refractivity contribution in [3.05, 3.63) is 35.5 Å². The van der Waals surface area contributed by atoms with Gasteiger partial charge in [-0.1, -0.05) is 18.7 Å². The Morgan fingerprint density at radius 2 is 1.69 bits per heavy atom. The Morgan fingerprint density at radius 3 is 2.22 bits per heavy atom. The van der Waals surface area contributed by atoms with Crippen molar-refractivity contribution in [1.29, 1.82) is 0 Å². The van der Waals surface area contributed by atoms with Crippen molar-refractivity contribution in [3.8, 4) is 0 Å². The zero-order valence-corrected chi connectivity index (χ0v) is 20.1. The summed E-state index contributed by atoms with van der Waals surface area (Å²) in [6, 6.07) is 0. The number of fused-ring (bicyclic) bond motifs is 1. The molecule has 7 nitrogen and oxygen atoms in total. The zero-order valence-electron chi connectivity index (χ0n) is 20.1. The van der Waals surface area contributed by atoms with Crippen molar-refractivity contribution in [2.24, 2.45) is 5.92 Å². The van der Waals surface area contributed by atoms with Crippen LogP contribution < -0.4 is 0 Å². The van der Waals surface area contributed by atoms with Gasteiger partial charge in [-0.15, -0.1) is 0 Å². The molecular weight excluding hydrogens is 412 g/mol. The number of epoxide rings is 2. The van der Waals surface area contributed by atoms with Gasteiger partial charge in [0.25, 0.3) is 0 Å². The monoisotopic (exact) mass is 448 g/mol. The normalized spacial score (nSPS) is 36.6. The standard InChI is InChI=1S/C25H36O7/c1-9-13(3)22(27)29-17(12-18-24(6,7)31-18)15(5)16-11-19-25(8,32-19)21(20(16)26)30-23(28)14(4)10-2/h9-10,16-21,26H,5,11-12H2,1-4,6-8H3/b13-9-,14-10-/t16-,17?,18?,19-,20-,21-,25-/m1/s1. The Hall–Kier alpha value is -1.96. The van der Waals surface area contributed by atoms with Crippen LogP contribution in [0.25, 0.3) is 0 Å². The molecule has 2 saturated heterocycles. The summed E-state index contributed by atoms with van der Waals surface area (Å²) in [5, 5.41) is 11.2. The molecule has 0 aromatic carbocycles. The summed E-state index contributed by atoms with van der Waals surface area (Å²) >= 11 is 0. The topological polar surface area (TPSA) is 97.9 Å². The number of hydrogen-bond acceptors (Lipinski definition) is 7. The minimum absolute atomic E-state index is 0.0721. The fourth-order valence-electron chi connectivity index (χ4n) is 4.32. The van der Waals surface area contributed by atoms with Crippen LogP contribution in [0.15, 0.2) is 35.5 Å². The summed E-state index contributed by atoms with van der Waals surface area (Å²) in [5.74, 6) is -1.37. The second kappa shape index (κ2) is 8.76. The Bertz CT molecular complexity index is 854. The Kier molecular flexibility index (Phi) is 6.76. The fourth-order valence-corrected chi connectivity index (χ4v) is 4.32. The highest BCUT2D eigenvalue weighted by atomic mass is 16.7. The SMILES string of the molecule is C=C(C(CC1OC1(C)C)OC(=O)/C(C)=C\C)[C@H]1C[C@H]2O[C@@]2(C)[C@H](OC(=O)/C(C)=C\C)[C@@H]1O. The van der Waals surface area contributed by atoms with Gasteiger partial charge in [-0.3, -0.25) is 0 Å². The van der Waals surface area contributed by atoms with Crippen LogP contribution in [0.4, 0.5) is 0 Å². The maximum absolute atomic E-state index is 12.5. The molecule has 178 valence electrons. The number of rotatable bonds is 8. The lowest BCUT2D eigenvalue weighted by atomic mass is 9.73. The summed E-state index contributed by atoms with van der Waals surface area (Å²) < 4.78 is 23.0. The van der Waals surface area contributed by atoms with Gasteiger partial charge in [0.05, 0.1) is 17.8 Å². The molecule has 1 saturated carbocycles. The average Bonchev–Trinajstić information content (AvgIpc) is 3.60. The van der Waals surface area contributed by atoms with Crippen LogP contribution in [0.1, 0.15) is 61.3 Å². The first-order chi connectivity index (χ1) is 14.9. The molecule has 1 aliphatic carbocycles. The van der Waals surface area contributed by atoms with Crippen molar-refractivity contribution in [2.75, 3.05) is 0 Å². The number of ether oxygens (including phenoxy) is 4. The smallest absolute Gasteiger partial charge is 0.333 e. The Balaban J connectivity index is 1.80. The first-order valence-corrected chi connectivity index (χ1v) is 11.3. The summed E-state index contributed by atoms with van der Waals surface area (Å²) in [4.78, 5) is 24.9. The predicted molar refractivity (Wildman–Crippen MR) is 119 cm³/mol. The van der Waals surface area contributed by atoms with Crippen LogP contribution in [0.2, 0.25) is 0 Å². The third-order valence-corrected chi connectivity index (χ3v) is 7.21. The lowest BCUT2D eigenvalue weighted by Crippen LogP contribution is -2.52. The van der Waals surface area contributed by atoms with E-state index in [1.165, 1.54) is 0 Å². The number of aliphatic hydroxyl groups is 1. The van der Waals surface area contributed by atoms with E-state index in [9.17, 15) is 14.7 Å². The molecule has 0 aromatic heterocycles. The van der Waals surface area contributed by atoms with Crippen LogP contribution in [0.5, 0.6) is 0 Å². The number of carbonyl (C=O) groups excluding carboxylic acids is 2.